The summed E-state index contributed by atoms with van der Waals surface area (Å²) >= 11 is 0. The summed E-state index contributed by atoms with van der Waals surface area (Å²) in [5.41, 5.74) is -5.33. The van der Waals surface area contributed by atoms with E-state index in [1.54, 1.807) is 10.9 Å². The third kappa shape index (κ3) is 2.27. The van der Waals surface area contributed by atoms with Crippen LogP contribution in [0.15, 0.2) is 15.8 Å². The average Bonchev–Trinajstić information content (AvgIpc) is 2.68. The van der Waals surface area contributed by atoms with Crippen LogP contribution in [-0.4, -0.2) is 43.7 Å². The second kappa shape index (κ2) is 5.07. The highest BCUT2D eigenvalue weighted by molar-refractivity contribution is 5.20. The minimum Gasteiger partial charge on any atom is -0.391 e. The number of nitrogens with zero attached hydrogens (tertiary/aromatic N) is 1. The Morgan fingerprint density at radius 1 is 1.62 bits per heavy atom. The molecule has 9 heteroatoms. The van der Waals surface area contributed by atoms with Crippen LogP contribution in [-0.2, 0) is 4.74 Å². The standard InChI is InChI=1S/C12H12F2N2O5/c1-3-12(14)8(18)7(5(2)17)21-10(12)16-4-6(13)9(19)15-11(16)20/h1,4-5,7-8,10,17-18H,2H3,(H,15,19,20)/t5-,7-,8?,10-,12?/m1/s1. The summed E-state index contributed by atoms with van der Waals surface area (Å²) in [6.07, 6.45) is -1.08. The Bertz CT molecular complexity index is 707. The number of aliphatic hydroxyl groups excluding tert-OH is 2. The molecule has 1 aliphatic rings. The maximum atomic E-state index is 14.7. The lowest BCUT2D eigenvalue weighted by Gasteiger charge is -2.23. The Morgan fingerprint density at radius 2 is 2.24 bits per heavy atom. The number of terminal acetylenes is 1. The third-order valence-corrected chi connectivity index (χ3v) is 3.26. The second-order valence-corrected chi connectivity index (χ2v) is 4.69. The molecule has 0 aromatic carbocycles. The van der Waals surface area contributed by atoms with E-state index in [0.717, 1.165) is 0 Å². The van der Waals surface area contributed by atoms with Crippen molar-refractivity contribution in [1.29, 1.82) is 0 Å². The molecule has 2 heterocycles. The van der Waals surface area contributed by atoms with E-state index in [1.165, 1.54) is 6.92 Å². The summed E-state index contributed by atoms with van der Waals surface area (Å²) in [5.74, 6) is 0.304. The number of hydrogen-bond donors (Lipinski definition) is 3. The minimum absolute atomic E-state index is 0.391. The fourth-order valence-corrected chi connectivity index (χ4v) is 2.14. The minimum atomic E-state index is -2.88. The normalized spacial score (nSPS) is 33.6. The molecule has 7 nitrogen and oxygen atoms in total. The van der Waals surface area contributed by atoms with Crippen molar-refractivity contribution in [3.63, 3.8) is 0 Å². The van der Waals surface area contributed by atoms with Gasteiger partial charge in [-0.2, -0.15) is 4.39 Å². The van der Waals surface area contributed by atoms with Gasteiger partial charge in [0, 0.05) is 0 Å². The van der Waals surface area contributed by atoms with Gasteiger partial charge >= 0.3 is 5.69 Å². The van der Waals surface area contributed by atoms with Crippen LogP contribution in [0.2, 0.25) is 0 Å². The van der Waals surface area contributed by atoms with Gasteiger partial charge in [0.15, 0.2) is 6.23 Å². The van der Waals surface area contributed by atoms with E-state index >= 15 is 0 Å². The molecule has 0 bridgehead atoms. The van der Waals surface area contributed by atoms with E-state index in [4.69, 9.17) is 11.2 Å². The number of nitrogens with one attached hydrogen (secondary N) is 1. The molecule has 0 radical (unpaired) electrons. The van der Waals surface area contributed by atoms with Gasteiger partial charge in [0.25, 0.3) is 5.56 Å². The van der Waals surface area contributed by atoms with Crippen LogP contribution in [0, 0.1) is 18.2 Å². The van der Waals surface area contributed by atoms with Crippen LogP contribution >= 0.6 is 0 Å². The lowest BCUT2D eigenvalue weighted by Crippen LogP contribution is -2.46. The predicted molar refractivity (Wildman–Crippen MR) is 65.6 cm³/mol. The van der Waals surface area contributed by atoms with Crippen molar-refractivity contribution in [2.45, 2.75) is 37.1 Å². The molecular weight excluding hydrogens is 290 g/mol. The number of halogens is 2. The van der Waals surface area contributed by atoms with Gasteiger partial charge in [-0.25, -0.2) is 9.18 Å². The van der Waals surface area contributed by atoms with Gasteiger partial charge in [-0.3, -0.25) is 14.3 Å². The lowest BCUT2D eigenvalue weighted by molar-refractivity contribution is -0.0805. The molecule has 3 N–H and O–H groups in total. The van der Waals surface area contributed by atoms with Gasteiger partial charge in [-0.15, -0.1) is 6.42 Å². The average molecular weight is 302 g/mol. The van der Waals surface area contributed by atoms with Crippen LogP contribution in [0.4, 0.5) is 8.78 Å². The highest BCUT2D eigenvalue weighted by atomic mass is 19.1. The van der Waals surface area contributed by atoms with Crippen molar-refractivity contribution in [3.8, 4) is 12.3 Å². The number of H-pyrrole nitrogens is 1. The van der Waals surface area contributed by atoms with Crippen LogP contribution < -0.4 is 11.2 Å². The van der Waals surface area contributed by atoms with Gasteiger partial charge in [-0.05, 0) is 6.92 Å². The second-order valence-electron chi connectivity index (χ2n) is 4.69. The monoisotopic (exact) mass is 302 g/mol. The first kappa shape index (κ1) is 15.4. The van der Waals surface area contributed by atoms with Crippen LogP contribution in [0.25, 0.3) is 0 Å². The predicted octanol–water partition coefficient (Wildman–Crippen LogP) is -1.34. The molecule has 1 aromatic heterocycles. The van der Waals surface area contributed by atoms with E-state index in [-0.39, 0.29) is 0 Å². The number of hydrogen-bond acceptors (Lipinski definition) is 5. The first-order valence-corrected chi connectivity index (χ1v) is 5.91. The third-order valence-electron chi connectivity index (χ3n) is 3.26. The van der Waals surface area contributed by atoms with E-state index < -0.39 is 47.3 Å². The first-order valence-electron chi connectivity index (χ1n) is 5.91. The molecule has 1 fully saturated rings. The molecule has 1 aliphatic heterocycles. The fraction of sp³-hybridized carbons (Fsp3) is 0.500. The molecule has 1 aromatic rings. The summed E-state index contributed by atoms with van der Waals surface area (Å²) in [5, 5.41) is 19.3. The Kier molecular flexibility index (Phi) is 3.71. The summed E-state index contributed by atoms with van der Waals surface area (Å²) in [4.78, 5) is 24.2. The molecule has 0 amide bonds. The van der Waals surface area contributed by atoms with Crippen molar-refractivity contribution < 1.29 is 23.7 Å². The van der Waals surface area contributed by atoms with E-state index in [2.05, 4.69) is 0 Å². The van der Waals surface area contributed by atoms with Crippen LogP contribution in [0.5, 0.6) is 0 Å². The van der Waals surface area contributed by atoms with Crippen LogP contribution in [0.3, 0.4) is 0 Å². The lowest BCUT2D eigenvalue weighted by atomic mass is 9.95. The number of aliphatic hydroxyl groups is 2. The SMILES string of the molecule is C#CC1(F)C(O)[C@@H]([C@@H](C)O)O[C@H]1n1cc(F)c(=O)[nH]c1=O. The zero-order valence-corrected chi connectivity index (χ0v) is 10.8. The molecule has 1 saturated heterocycles. The van der Waals surface area contributed by atoms with Crippen molar-refractivity contribution in [3.05, 3.63) is 32.9 Å². The number of aromatic nitrogens is 2. The first-order chi connectivity index (χ1) is 9.72. The van der Waals surface area contributed by atoms with Gasteiger partial charge in [-0.1, -0.05) is 5.92 Å². The van der Waals surface area contributed by atoms with Gasteiger partial charge in [0.2, 0.25) is 11.5 Å². The Balaban J connectivity index is 2.58. The quantitative estimate of drug-likeness (QED) is 0.586. The molecule has 2 unspecified atom stereocenters. The highest BCUT2D eigenvalue weighted by Crippen LogP contribution is 2.41. The molecule has 0 spiro atoms. The van der Waals surface area contributed by atoms with Crippen LogP contribution in [0.1, 0.15) is 13.2 Å². The molecule has 5 atom stereocenters. The number of rotatable bonds is 2. The molecular formula is C12H12F2N2O5. The number of alkyl halides is 1. The largest absolute Gasteiger partial charge is 0.391 e. The zero-order valence-electron chi connectivity index (χ0n) is 10.8. The molecule has 114 valence electrons. The van der Waals surface area contributed by atoms with E-state index in [1.807, 2.05) is 0 Å². The van der Waals surface area contributed by atoms with Crippen molar-refractivity contribution >= 4 is 0 Å². The molecule has 0 saturated carbocycles. The summed E-state index contributed by atoms with van der Waals surface area (Å²) in [7, 11) is 0. The van der Waals surface area contributed by atoms with Crippen molar-refractivity contribution in [2.75, 3.05) is 0 Å². The Morgan fingerprint density at radius 3 is 2.76 bits per heavy atom. The van der Waals surface area contributed by atoms with Crippen molar-refractivity contribution in [1.82, 2.24) is 9.55 Å². The Labute approximate surface area is 116 Å². The van der Waals surface area contributed by atoms with Gasteiger partial charge < -0.3 is 14.9 Å². The van der Waals surface area contributed by atoms with E-state index in [0.29, 0.717) is 10.8 Å². The molecule has 0 aliphatic carbocycles. The zero-order chi connectivity index (χ0) is 15.9. The number of aromatic amines is 1. The summed E-state index contributed by atoms with van der Waals surface area (Å²) < 4.78 is 33.4. The smallest absolute Gasteiger partial charge is 0.330 e. The highest BCUT2D eigenvalue weighted by Gasteiger charge is 2.59. The maximum Gasteiger partial charge on any atom is 0.330 e. The maximum absolute atomic E-state index is 14.7. The van der Waals surface area contributed by atoms with Crippen molar-refractivity contribution in [2.24, 2.45) is 0 Å². The van der Waals surface area contributed by atoms with Gasteiger partial charge in [0.05, 0.1) is 12.3 Å². The van der Waals surface area contributed by atoms with Gasteiger partial charge in [0.1, 0.15) is 12.2 Å². The molecule has 21 heavy (non-hydrogen) atoms. The molecule has 2 rings (SSSR count). The Hall–Kier alpha value is -2.02. The summed E-state index contributed by atoms with van der Waals surface area (Å²) in [6.45, 7) is 1.23. The van der Waals surface area contributed by atoms with E-state index in [9.17, 15) is 28.6 Å². The fourth-order valence-electron chi connectivity index (χ4n) is 2.14. The summed E-state index contributed by atoms with van der Waals surface area (Å²) in [6, 6.07) is 0. The number of ether oxygens (including phenoxy) is 1. The topological polar surface area (TPSA) is 105 Å².